The van der Waals surface area contributed by atoms with Crippen LogP contribution in [0.5, 0.6) is 0 Å². The van der Waals surface area contributed by atoms with E-state index in [-0.39, 0.29) is 17.2 Å². The Morgan fingerprint density at radius 1 is 1.59 bits per heavy atom. The van der Waals surface area contributed by atoms with E-state index >= 15 is 0 Å². The number of carbonyl (C=O) groups is 1. The highest BCUT2D eigenvalue weighted by atomic mass is 16.2. The van der Waals surface area contributed by atoms with Crippen molar-refractivity contribution < 1.29 is 4.79 Å². The molecule has 1 amide bonds. The zero-order valence-electron chi connectivity index (χ0n) is 9.56. The van der Waals surface area contributed by atoms with Crippen LogP contribution in [0, 0.1) is 5.92 Å². The number of H-pyrrole nitrogens is 1. The van der Waals surface area contributed by atoms with Gasteiger partial charge in [0.2, 0.25) is 0 Å². The molecule has 0 saturated carbocycles. The molecule has 0 aromatic carbocycles. The molecule has 17 heavy (non-hydrogen) atoms. The molecule has 1 atom stereocenters. The molecule has 6 heteroatoms. The van der Waals surface area contributed by atoms with Crippen molar-refractivity contribution in [2.24, 2.45) is 11.7 Å². The van der Waals surface area contributed by atoms with Crippen LogP contribution in [0.3, 0.4) is 0 Å². The zero-order chi connectivity index (χ0) is 12.3. The summed E-state index contributed by atoms with van der Waals surface area (Å²) in [5.74, 6) is 0.231. The maximum absolute atomic E-state index is 12.1. The molecule has 3 N–H and O–H groups in total. The van der Waals surface area contributed by atoms with Crippen LogP contribution in [0.1, 0.15) is 23.3 Å². The third kappa shape index (κ3) is 2.71. The second-order valence-electron chi connectivity index (χ2n) is 4.30. The molecule has 2 heterocycles. The van der Waals surface area contributed by atoms with E-state index in [2.05, 4.69) is 10.2 Å². The van der Waals surface area contributed by atoms with Gasteiger partial charge >= 0.3 is 0 Å². The van der Waals surface area contributed by atoms with Gasteiger partial charge in [0, 0.05) is 19.2 Å². The van der Waals surface area contributed by atoms with E-state index in [4.69, 9.17) is 5.73 Å². The lowest BCUT2D eigenvalue weighted by molar-refractivity contribution is 0.0671. The average molecular weight is 236 g/mol. The number of amides is 1. The minimum absolute atomic E-state index is 0.139. The van der Waals surface area contributed by atoms with E-state index in [1.54, 1.807) is 4.90 Å². The molecule has 1 fully saturated rings. The summed E-state index contributed by atoms with van der Waals surface area (Å²) in [6.07, 6.45) is 2.04. The van der Waals surface area contributed by atoms with Crippen molar-refractivity contribution in [2.45, 2.75) is 12.8 Å². The molecule has 1 aromatic rings. The van der Waals surface area contributed by atoms with Crippen LogP contribution >= 0.6 is 0 Å². The van der Waals surface area contributed by atoms with Crippen LogP contribution in [-0.2, 0) is 0 Å². The number of aromatic amines is 1. The molecule has 1 aliphatic rings. The van der Waals surface area contributed by atoms with Gasteiger partial charge in [-0.25, -0.2) is 5.10 Å². The third-order valence-electron chi connectivity index (χ3n) is 3.04. The van der Waals surface area contributed by atoms with Crippen LogP contribution in [0.15, 0.2) is 16.9 Å². The standard InChI is InChI=1S/C11H16N4O2/c12-6-8-2-1-5-15(7-8)11(17)9-3-4-10(16)14-13-9/h3-4,8H,1-2,5-7,12H2,(H,14,16)/t8-/m0/s1. The Morgan fingerprint density at radius 3 is 3.06 bits per heavy atom. The van der Waals surface area contributed by atoms with Gasteiger partial charge in [0.1, 0.15) is 5.69 Å². The van der Waals surface area contributed by atoms with E-state index in [0.29, 0.717) is 19.0 Å². The maximum atomic E-state index is 12.1. The molecule has 6 nitrogen and oxygen atoms in total. The number of nitrogens with zero attached hydrogens (tertiary/aromatic N) is 2. The predicted octanol–water partition coefficient (Wildman–Crippen LogP) is -0.419. The second kappa shape index (κ2) is 5.09. The Bertz CT molecular complexity index is 437. The van der Waals surface area contributed by atoms with Gasteiger partial charge < -0.3 is 10.6 Å². The molecule has 1 aromatic heterocycles. The van der Waals surface area contributed by atoms with Crippen molar-refractivity contribution in [2.75, 3.05) is 19.6 Å². The minimum atomic E-state index is -0.306. The first-order valence-electron chi connectivity index (χ1n) is 5.76. The lowest BCUT2D eigenvalue weighted by atomic mass is 9.98. The number of nitrogens with one attached hydrogen (secondary N) is 1. The van der Waals surface area contributed by atoms with E-state index < -0.39 is 0 Å². The fourth-order valence-corrected chi connectivity index (χ4v) is 2.07. The summed E-state index contributed by atoms with van der Waals surface area (Å²) in [5.41, 5.74) is 5.60. The van der Waals surface area contributed by atoms with E-state index in [1.165, 1.54) is 12.1 Å². The van der Waals surface area contributed by atoms with E-state index in [9.17, 15) is 9.59 Å². The van der Waals surface area contributed by atoms with Crippen molar-refractivity contribution in [3.63, 3.8) is 0 Å². The van der Waals surface area contributed by atoms with Crippen molar-refractivity contribution in [1.82, 2.24) is 15.1 Å². The maximum Gasteiger partial charge on any atom is 0.274 e. The summed E-state index contributed by atoms with van der Waals surface area (Å²) >= 11 is 0. The van der Waals surface area contributed by atoms with Gasteiger partial charge in [-0.3, -0.25) is 9.59 Å². The monoisotopic (exact) mass is 236 g/mol. The highest BCUT2D eigenvalue weighted by molar-refractivity contribution is 5.92. The largest absolute Gasteiger partial charge is 0.337 e. The first kappa shape index (κ1) is 11.8. The number of nitrogens with two attached hydrogens (primary N) is 1. The first-order chi connectivity index (χ1) is 8.20. The molecule has 92 valence electrons. The number of piperidine rings is 1. The number of aromatic nitrogens is 2. The summed E-state index contributed by atoms with van der Waals surface area (Å²) in [4.78, 5) is 24.7. The van der Waals surface area contributed by atoms with Crippen LogP contribution in [0.4, 0.5) is 0 Å². The SMILES string of the molecule is NC[C@@H]1CCCN(C(=O)c2ccc(=O)[nH]n2)C1. The number of rotatable bonds is 2. The van der Waals surface area contributed by atoms with Crippen molar-refractivity contribution in [3.05, 3.63) is 28.2 Å². The fraction of sp³-hybridized carbons (Fsp3) is 0.545. The summed E-state index contributed by atoms with van der Waals surface area (Å²) in [6, 6.07) is 2.76. The van der Waals surface area contributed by atoms with Crippen LogP contribution in [-0.4, -0.2) is 40.6 Å². The van der Waals surface area contributed by atoms with Gasteiger partial charge in [0.15, 0.2) is 0 Å². The molecule has 0 radical (unpaired) electrons. The quantitative estimate of drug-likeness (QED) is 0.729. The fourth-order valence-electron chi connectivity index (χ4n) is 2.07. The Labute approximate surface area is 98.8 Å². The topological polar surface area (TPSA) is 92.1 Å². The molecule has 1 aliphatic heterocycles. The lowest BCUT2D eigenvalue weighted by Crippen LogP contribution is -2.42. The van der Waals surface area contributed by atoms with Crippen molar-refractivity contribution in [1.29, 1.82) is 0 Å². The Morgan fingerprint density at radius 2 is 2.41 bits per heavy atom. The Hall–Kier alpha value is -1.69. The molecule has 0 unspecified atom stereocenters. The van der Waals surface area contributed by atoms with E-state index in [0.717, 1.165) is 19.4 Å². The van der Waals surface area contributed by atoms with Gasteiger partial charge in [-0.1, -0.05) is 0 Å². The summed E-state index contributed by atoms with van der Waals surface area (Å²) in [6.45, 7) is 2.01. The molecule has 0 spiro atoms. The summed E-state index contributed by atoms with van der Waals surface area (Å²) in [7, 11) is 0. The van der Waals surface area contributed by atoms with Crippen LogP contribution in [0.25, 0.3) is 0 Å². The van der Waals surface area contributed by atoms with E-state index in [1.807, 2.05) is 0 Å². The normalized spacial score (nSPS) is 20.3. The molecule has 0 bridgehead atoms. The summed E-state index contributed by atoms with van der Waals surface area (Å²) < 4.78 is 0. The van der Waals surface area contributed by atoms with Gasteiger partial charge in [-0.15, -0.1) is 0 Å². The van der Waals surface area contributed by atoms with Crippen molar-refractivity contribution in [3.8, 4) is 0 Å². The molecule has 2 rings (SSSR count). The zero-order valence-corrected chi connectivity index (χ0v) is 9.56. The average Bonchev–Trinajstić information content (AvgIpc) is 2.39. The Kier molecular flexibility index (Phi) is 3.53. The van der Waals surface area contributed by atoms with Crippen LogP contribution < -0.4 is 11.3 Å². The predicted molar refractivity (Wildman–Crippen MR) is 62.5 cm³/mol. The van der Waals surface area contributed by atoms with Crippen LogP contribution in [0.2, 0.25) is 0 Å². The second-order valence-corrected chi connectivity index (χ2v) is 4.30. The highest BCUT2D eigenvalue weighted by Crippen LogP contribution is 2.16. The molecule has 0 aliphatic carbocycles. The molecule has 1 saturated heterocycles. The minimum Gasteiger partial charge on any atom is -0.337 e. The number of carbonyl (C=O) groups excluding carboxylic acids is 1. The number of hydrogen-bond acceptors (Lipinski definition) is 4. The van der Waals surface area contributed by atoms with Gasteiger partial charge in [0.05, 0.1) is 0 Å². The lowest BCUT2D eigenvalue weighted by Gasteiger charge is -2.31. The van der Waals surface area contributed by atoms with Gasteiger partial charge in [0.25, 0.3) is 11.5 Å². The van der Waals surface area contributed by atoms with Gasteiger partial charge in [-0.05, 0) is 31.4 Å². The highest BCUT2D eigenvalue weighted by Gasteiger charge is 2.24. The number of likely N-dealkylation sites (tertiary alicyclic amines) is 1. The smallest absolute Gasteiger partial charge is 0.274 e. The molecular weight excluding hydrogens is 220 g/mol. The van der Waals surface area contributed by atoms with Gasteiger partial charge in [-0.2, -0.15) is 5.10 Å². The van der Waals surface area contributed by atoms with Crippen molar-refractivity contribution >= 4 is 5.91 Å². The Balaban J connectivity index is 2.09. The summed E-state index contributed by atoms with van der Waals surface area (Å²) in [5, 5.41) is 6.01. The first-order valence-corrected chi connectivity index (χ1v) is 5.76. The third-order valence-corrected chi connectivity index (χ3v) is 3.04. The number of hydrogen-bond donors (Lipinski definition) is 2. The molecular formula is C11H16N4O2.